The number of anilines is 1. The molecule has 1 saturated heterocycles. The van der Waals surface area contributed by atoms with E-state index in [0.717, 1.165) is 12.5 Å². The molecule has 0 amide bonds. The summed E-state index contributed by atoms with van der Waals surface area (Å²) in [4.78, 5) is 6.40. The van der Waals surface area contributed by atoms with Crippen LogP contribution in [0.25, 0.3) is 10.1 Å². The number of hydrogen-bond acceptors (Lipinski definition) is 5. The molecular formula is C20H27N3OS. The minimum Gasteiger partial charge on any atom is -0.256 e. The fourth-order valence-corrected chi connectivity index (χ4v) is 6.08. The van der Waals surface area contributed by atoms with Gasteiger partial charge in [0.1, 0.15) is 5.00 Å². The zero-order chi connectivity index (χ0) is 17.0. The predicted molar refractivity (Wildman–Crippen MR) is 103 cm³/mol. The number of hydrogen-bond donors (Lipinski definition) is 1. The summed E-state index contributed by atoms with van der Waals surface area (Å²) in [5.74, 6) is 2.06. The molecule has 2 heterocycles. The number of thiophene rings is 1. The molecule has 2 bridgehead atoms. The van der Waals surface area contributed by atoms with Gasteiger partial charge in [-0.2, -0.15) is 5.01 Å². The second-order valence-corrected chi connectivity index (χ2v) is 9.43. The van der Waals surface area contributed by atoms with Crippen LogP contribution in [0.1, 0.15) is 46.0 Å². The lowest BCUT2D eigenvalue weighted by atomic mass is 9.65. The smallest absolute Gasteiger partial charge is 0.165 e. The van der Waals surface area contributed by atoms with E-state index >= 15 is 0 Å². The van der Waals surface area contributed by atoms with Gasteiger partial charge >= 0.3 is 0 Å². The highest BCUT2D eigenvalue weighted by Crippen LogP contribution is 2.53. The summed E-state index contributed by atoms with van der Waals surface area (Å²) in [6, 6.07) is 10.9. The van der Waals surface area contributed by atoms with E-state index in [0.29, 0.717) is 11.8 Å². The van der Waals surface area contributed by atoms with Gasteiger partial charge in [0.05, 0.1) is 0 Å². The summed E-state index contributed by atoms with van der Waals surface area (Å²) in [6.45, 7) is 5.62. The highest BCUT2D eigenvalue weighted by Gasteiger charge is 2.58. The van der Waals surface area contributed by atoms with Crippen LogP contribution in [0.5, 0.6) is 0 Å². The highest BCUT2D eigenvalue weighted by molar-refractivity contribution is 7.22. The van der Waals surface area contributed by atoms with E-state index in [1.54, 1.807) is 0 Å². The molecule has 134 valence electrons. The molecule has 1 aliphatic heterocycles. The number of benzene rings is 1. The third-order valence-corrected chi connectivity index (χ3v) is 7.30. The predicted octanol–water partition coefficient (Wildman–Crippen LogP) is 4.94. The van der Waals surface area contributed by atoms with Crippen molar-refractivity contribution >= 4 is 26.4 Å². The summed E-state index contributed by atoms with van der Waals surface area (Å²) in [7, 11) is 0. The zero-order valence-corrected chi connectivity index (χ0v) is 15.9. The van der Waals surface area contributed by atoms with Gasteiger partial charge in [0, 0.05) is 17.2 Å². The van der Waals surface area contributed by atoms with Gasteiger partial charge in [-0.05, 0) is 61.5 Å². The standard InChI is InChI=1S/C20H27N3OS/c1-14(2)13-22-20(12-15-7-9-17(20)10-8-15)24-21-23(22)19-11-16-5-3-4-6-18(16)25-19/h3-6,11,14-15,17,21H,7-10,12-13H2,1-2H3. The third-order valence-electron chi connectivity index (χ3n) is 6.21. The normalized spacial score (nSPS) is 32.5. The van der Waals surface area contributed by atoms with E-state index in [-0.39, 0.29) is 5.72 Å². The first-order chi connectivity index (χ1) is 12.2. The largest absolute Gasteiger partial charge is 0.256 e. The fourth-order valence-electron chi connectivity index (χ4n) is 5.05. The second-order valence-electron chi connectivity index (χ2n) is 8.37. The van der Waals surface area contributed by atoms with Gasteiger partial charge < -0.3 is 0 Å². The van der Waals surface area contributed by atoms with E-state index in [1.807, 2.05) is 11.3 Å². The Morgan fingerprint density at radius 1 is 1.24 bits per heavy atom. The van der Waals surface area contributed by atoms with Crippen molar-refractivity contribution in [3.8, 4) is 0 Å². The maximum absolute atomic E-state index is 6.40. The number of hydrazine groups is 2. The Balaban J connectivity index is 1.53. The maximum atomic E-state index is 6.40. The molecule has 1 aromatic heterocycles. The second kappa shape index (κ2) is 5.95. The first-order valence-electron chi connectivity index (χ1n) is 9.65. The monoisotopic (exact) mass is 357 g/mol. The molecule has 3 saturated carbocycles. The van der Waals surface area contributed by atoms with Crippen LogP contribution in [0.15, 0.2) is 30.3 Å². The van der Waals surface area contributed by atoms with E-state index in [2.05, 4.69) is 59.9 Å². The Kier molecular flexibility index (Phi) is 3.82. The first-order valence-corrected chi connectivity index (χ1v) is 10.5. The Labute approximate surface area is 153 Å². The molecule has 6 rings (SSSR count). The molecule has 1 N–H and O–H groups in total. The van der Waals surface area contributed by atoms with Crippen LogP contribution < -0.4 is 10.7 Å². The molecular weight excluding hydrogens is 330 g/mol. The van der Waals surface area contributed by atoms with E-state index in [1.165, 1.54) is 47.2 Å². The third kappa shape index (κ3) is 2.52. The molecule has 1 unspecified atom stereocenters. The molecule has 5 heteroatoms. The summed E-state index contributed by atoms with van der Waals surface area (Å²) in [5.41, 5.74) is 3.15. The highest BCUT2D eigenvalue weighted by atomic mass is 32.1. The number of nitrogens with zero attached hydrogens (tertiary/aromatic N) is 2. The molecule has 1 aromatic carbocycles. The molecule has 25 heavy (non-hydrogen) atoms. The number of fused-ring (bicyclic) bond motifs is 3. The van der Waals surface area contributed by atoms with Crippen LogP contribution in [-0.2, 0) is 4.84 Å². The quantitative estimate of drug-likeness (QED) is 0.842. The Morgan fingerprint density at radius 3 is 2.72 bits per heavy atom. The Hall–Kier alpha value is -1.14. The van der Waals surface area contributed by atoms with Crippen molar-refractivity contribution < 1.29 is 4.84 Å². The summed E-state index contributed by atoms with van der Waals surface area (Å²) >= 11 is 1.83. The summed E-state index contributed by atoms with van der Waals surface area (Å²) in [6.07, 6.45) is 6.55. The first kappa shape index (κ1) is 16.1. The van der Waals surface area contributed by atoms with E-state index in [9.17, 15) is 0 Å². The minimum atomic E-state index is -0.151. The Bertz CT molecular complexity index is 734. The van der Waals surface area contributed by atoms with Crippen molar-refractivity contribution in [1.82, 2.24) is 10.6 Å². The lowest BCUT2D eigenvalue weighted by Gasteiger charge is -2.51. The Morgan fingerprint density at radius 2 is 2.04 bits per heavy atom. The van der Waals surface area contributed by atoms with Crippen LogP contribution in [0.4, 0.5) is 5.00 Å². The van der Waals surface area contributed by atoms with E-state index < -0.39 is 0 Å². The van der Waals surface area contributed by atoms with Crippen LogP contribution in [0, 0.1) is 17.8 Å². The average molecular weight is 358 g/mol. The lowest BCUT2D eigenvalue weighted by Crippen LogP contribution is -2.60. The minimum absolute atomic E-state index is 0.151. The van der Waals surface area contributed by atoms with Gasteiger partial charge in [0.2, 0.25) is 0 Å². The fraction of sp³-hybridized carbons (Fsp3) is 0.600. The maximum Gasteiger partial charge on any atom is 0.165 e. The van der Waals surface area contributed by atoms with Crippen molar-refractivity contribution in [2.24, 2.45) is 17.8 Å². The van der Waals surface area contributed by atoms with Crippen molar-refractivity contribution in [3.63, 3.8) is 0 Å². The molecule has 1 spiro atoms. The molecule has 1 atom stereocenters. The summed E-state index contributed by atoms with van der Waals surface area (Å²) < 4.78 is 1.33. The average Bonchev–Trinajstić information content (AvgIpc) is 3.18. The molecule has 0 radical (unpaired) electrons. The van der Waals surface area contributed by atoms with Crippen LogP contribution in [0.2, 0.25) is 0 Å². The zero-order valence-electron chi connectivity index (χ0n) is 15.1. The van der Waals surface area contributed by atoms with Crippen LogP contribution >= 0.6 is 11.3 Å². The molecule has 4 aliphatic rings. The number of nitrogens with one attached hydrogen (secondary N) is 1. The topological polar surface area (TPSA) is 27.7 Å². The van der Waals surface area contributed by atoms with Gasteiger partial charge in [0.25, 0.3) is 0 Å². The van der Waals surface area contributed by atoms with Gasteiger partial charge in [-0.3, -0.25) is 4.84 Å². The van der Waals surface area contributed by atoms with Gasteiger partial charge in [-0.25, -0.2) is 5.12 Å². The molecule has 2 aromatic rings. The van der Waals surface area contributed by atoms with E-state index in [4.69, 9.17) is 4.84 Å². The van der Waals surface area contributed by atoms with Crippen LogP contribution in [0.3, 0.4) is 0 Å². The van der Waals surface area contributed by atoms with Gasteiger partial charge in [0.15, 0.2) is 5.72 Å². The van der Waals surface area contributed by atoms with Crippen molar-refractivity contribution in [1.29, 1.82) is 0 Å². The van der Waals surface area contributed by atoms with Crippen molar-refractivity contribution in [2.45, 2.75) is 51.7 Å². The van der Waals surface area contributed by atoms with Crippen LogP contribution in [-0.4, -0.2) is 17.3 Å². The molecule has 4 fully saturated rings. The lowest BCUT2D eigenvalue weighted by molar-refractivity contribution is -0.201. The molecule has 4 nitrogen and oxygen atoms in total. The molecule has 3 aliphatic carbocycles. The number of rotatable bonds is 3. The van der Waals surface area contributed by atoms with Crippen molar-refractivity contribution in [3.05, 3.63) is 30.3 Å². The van der Waals surface area contributed by atoms with Crippen molar-refractivity contribution in [2.75, 3.05) is 11.7 Å². The SMILES string of the molecule is CC(C)CN1N(c2cc3ccccc3s2)NOC12CC1CCC2CC1. The summed E-state index contributed by atoms with van der Waals surface area (Å²) in [5, 5.41) is 7.24. The van der Waals surface area contributed by atoms with Gasteiger partial charge in [-0.1, -0.05) is 37.6 Å². The van der Waals surface area contributed by atoms with Gasteiger partial charge in [-0.15, -0.1) is 11.3 Å².